The van der Waals surface area contributed by atoms with Gasteiger partial charge in [-0.3, -0.25) is 19.8 Å². The molecular formula is C36H43N5O5S. The SMILES string of the molecule is COc1ccc(CCN(Cc2ccc(C(C)(C)C)cc2)Cc2nc(C(=O)N3CCN(c4ccc([N+](=O)[O-])cc4)CC3)cs2)cc1OC. The number of methoxy groups -OCH3 is 2. The highest BCUT2D eigenvalue weighted by atomic mass is 32.1. The van der Waals surface area contributed by atoms with Gasteiger partial charge in [-0.2, -0.15) is 0 Å². The molecule has 3 aromatic carbocycles. The maximum atomic E-state index is 13.4. The highest BCUT2D eigenvalue weighted by Gasteiger charge is 2.25. The number of carbonyl (C=O) groups excluding carboxylic acids is 1. The van der Waals surface area contributed by atoms with Gasteiger partial charge in [0.25, 0.3) is 11.6 Å². The van der Waals surface area contributed by atoms with Crippen molar-refractivity contribution >= 4 is 28.6 Å². The van der Waals surface area contributed by atoms with Crippen LogP contribution in [0.4, 0.5) is 11.4 Å². The number of aromatic nitrogens is 1. The second-order valence-corrected chi connectivity index (χ2v) is 13.7. The minimum atomic E-state index is -0.399. The van der Waals surface area contributed by atoms with E-state index in [1.807, 2.05) is 22.4 Å². The Balaban J connectivity index is 1.24. The number of thiazole rings is 1. The van der Waals surface area contributed by atoms with Gasteiger partial charge in [0.2, 0.25) is 0 Å². The topological polar surface area (TPSA) is 101 Å². The number of rotatable bonds is 12. The Kier molecular flexibility index (Phi) is 10.8. The summed E-state index contributed by atoms with van der Waals surface area (Å²) >= 11 is 1.52. The molecule has 10 nitrogen and oxygen atoms in total. The van der Waals surface area contributed by atoms with E-state index < -0.39 is 4.92 Å². The van der Waals surface area contributed by atoms with Crippen LogP contribution in [0.3, 0.4) is 0 Å². The molecule has 0 aliphatic carbocycles. The lowest BCUT2D eigenvalue weighted by Crippen LogP contribution is -2.48. The summed E-state index contributed by atoms with van der Waals surface area (Å²) in [6.07, 6.45) is 0.816. The fraction of sp³-hybridized carbons (Fsp3) is 0.389. The van der Waals surface area contributed by atoms with Gasteiger partial charge in [0.1, 0.15) is 10.7 Å². The summed E-state index contributed by atoms with van der Waals surface area (Å²) in [6.45, 7) is 11.3. The number of piperazine rings is 1. The van der Waals surface area contributed by atoms with E-state index in [1.54, 1.807) is 26.4 Å². The zero-order chi connectivity index (χ0) is 33.6. The number of hydrogen-bond acceptors (Lipinski definition) is 9. The van der Waals surface area contributed by atoms with Crippen molar-refractivity contribution < 1.29 is 19.2 Å². The Hall–Kier alpha value is -4.48. The number of nitrogens with zero attached hydrogens (tertiary/aromatic N) is 5. The number of carbonyl (C=O) groups is 1. The van der Waals surface area contributed by atoms with Crippen molar-refractivity contribution in [3.8, 4) is 11.5 Å². The fourth-order valence-electron chi connectivity index (χ4n) is 5.69. The summed E-state index contributed by atoms with van der Waals surface area (Å²) in [7, 11) is 3.29. The molecule has 5 rings (SSSR count). The van der Waals surface area contributed by atoms with Gasteiger partial charge in [0.05, 0.1) is 25.7 Å². The van der Waals surface area contributed by atoms with E-state index in [-0.39, 0.29) is 17.0 Å². The van der Waals surface area contributed by atoms with Crippen LogP contribution in [-0.4, -0.2) is 72.6 Å². The summed E-state index contributed by atoms with van der Waals surface area (Å²) in [4.78, 5) is 35.2. The molecule has 1 saturated heterocycles. The average molecular weight is 658 g/mol. The molecule has 0 spiro atoms. The summed E-state index contributed by atoms with van der Waals surface area (Å²) in [5, 5.41) is 13.8. The zero-order valence-corrected chi connectivity index (χ0v) is 28.6. The molecule has 0 radical (unpaired) electrons. The maximum absolute atomic E-state index is 13.4. The Labute approximate surface area is 280 Å². The van der Waals surface area contributed by atoms with Crippen molar-refractivity contribution in [1.82, 2.24) is 14.8 Å². The van der Waals surface area contributed by atoms with Gasteiger partial charge in [-0.05, 0) is 52.8 Å². The highest BCUT2D eigenvalue weighted by Crippen LogP contribution is 2.28. The van der Waals surface area contributed by atoms with Crippen LogP contribution in [0.2, 0.25) is 0 Å². The molecule has 0 saturated carbocycles. The Morgan fingerprint density at radius 3 is 2.19 bits per heavy atom. The third kappa shape index (κ3) is 8.66. The minimum Gasteiger partial charge on any atom is -0.493 e. The van der Waals surface area contributed by atoms with Crippen LogP contribution >= 0.6 is 11.3 Å². The predicted octanol–water partition coefficient (Wildman–Crippen LogP) is 6.57. The Morgan fingerprint density at radius 1 is 0.915 bits per heavy atom. The molecule has 248 valence electrons. The van der Waals surface area contributed by atoms with Crippen molar-refractivity contribution in [3.05, 3.63) is 110 Å². The number of nitro groups is 1. The molecular weight excluding hydrogens is 614 g/mol. The van der Waals surface area contributed by atoms with Crippen molar-refractivity contribution in [2.45, 2.75) is 45.7 Å². The number of benzene rings is 3. The molecule has 1 amide bonds. The lowest BCUT2D eigenvalue weighted by Gasteiger charge is -2.35. The van der Waals surface area contributed by atoms with E-state index in [4.69, 9.17) is 14.5 Å². The van der Waals surface area contributed by atoms with Crippen molar-refractivity contribution in [1.29, 1.82) is 0 Å². The van der Waals surface area contributed by atoms with Crippen LogP contribution in [-0.2, 0) is 24.9 Å². The molecule has 4 aromatic rings. The van der Waals surface area contributed by atoms with Crippen molar-refractivity contribution in [3.63, 3.8) is 0 Å². The van der Waals surface area contributed by atoms with E-state index in [1.165, 1.54) is 34.6 Å². The predicted molar refractivity (Wildman–Crippen MR) is 186 cm³/mol. The van der Waals surface area contributed by atoms with Gasteiger partial charge in [-0.1, -0.05) is 51.1 Å². The first-order valence-corrected chi connectivity index (χ1v) is 16.7. The van der Waals surface area contributed by atoms with Gasteiger partial charge < -0.3 is 19.3 Å². The number of non-ortho nitro benzene ring substituents is 1. The molecule has 0 N–H and O–H groups in total. The van der Waals surface area contributed by atoms with Gasteiger partial charge >= 0.3 is 0 Å². The lowest BCUT2D eigenvalue weighted by atomic mass is 9.87. The molecule has 0 bridgehead atoms. The molecule has 2 heterocycles. The van der Waals surface area contributed by atoms with E-state index in [0.717, 1.165) is 35.8 Å². The second-order valence-electron chi connectivity index (χ2n) is 12.8. The maximum Gasteiger partial charge on any atom is 0.273 e. The van der Waals surface area contributed by atoms with Crippen LogP contribution in [0.5, 0.6) is 11.5 Å². The third-order valence-electron chi connectivity index (χ3n) is 8.51. The largest absolute Gasteiger partial charge is 0.493 e. The molecule has 0 atom stereocenters. The number of anilines is 1. The smallest absolute Gasteiger partial charge is 0.273 e. The summed E-state index contributed by atoms with van der Waals surface area (Å²) in [5.41, 5.74) is 5.23. The van der Waals surface area contributed by atoms with E-state index in [9.17, 15) is 14.9 Å². The molecule has 1 fully saturated rings. The molecule has 0 unspecified atom stereocenters. The highest BCUT2D eigenvalue weighted by molar-refractivity contribution is 7.09. The summed E-state index contributed by atoms with van der Waals surface area (Å²) in [6, 6.07) is 21.4. The van der Waals surface area contributed by atoms with Gasteiger partial charge in [-0.15, -0.1) is 11.3 Å². The first-order chi connectivity index (χ1) is 22.5. The fourth-order valence-corrected chi connectivity index (χ4v) is 6.50. The summed E-state index contributed by atoms with van der Waals surface area (Å²) < 4.78 is 10.9. The van der Waals surface area contributed by atoms with E-state index in [2.05, 4.69) is 60.9 Å². The quantitative estimate of drug-likeness (QED) is 0.125. The number of amides is 1. The monoisotopic (exact) mass is 657 g/mol. The molecule has 11 heteroatoms. The zero-order valence-electron chi connectivity index (χ0n) is 27.8. The van der Waals surface area contributed by atoms with E-state index in [0.29, 0.717) is 49.9 Å². The number of ether oxygens (including phenoxy) is 2. The minimum absolute atomic E-state index is 0.0644. The van der Waals surface area contributed by atoms with Crippen LogP contribution in [0.25, 0.3) is 0 Å². The molecule has 1 aliphatic rings. The van der Waals surface area contributed by atoms with Crippen molar-refractivity contribution in [2.24, 2.45) is 0 Å². The lowest BCUT2D eigenvalue weighted by molar-refractivity contribution is -0.384. The van der Waals surface area contributed by atoms with Crippen molar-refractivity contribution in [2.75, 3.05) is 51.8 Å². The number of nitro benzene ring substituents is 1. The normalized spacial score (nSPS) is 13.6. The Bertz CT molecular complexity index is 1660. The second kappa shape index (κ2) is 15.0. The van der Waals surface area contributed by atoms with Gasteiger partial charge in [0, 0.05) is 62.5 Å². The standard InChI is InChI=1S/C36H43N5O5S/c1-36(2,3)28-9-6-27(7-10-28)23-38(17-16-26-8-15-32(45-4)33(22-26)46-5)24-34-37-31(25-47-34)35(42)40-20-18-39(19-21-40)29-11-13-30(14-12-29)41(43)44/h6-15,22,25H,16-21,23-24H2,1-5H3. The van der Waals surface area contributed by atoms with Crippen LogP contribution < -0.4 is 14.4 Å². The van der Waals surface area contributed by atoms with Crippen LogP contribution in [0.1, 0.15) is 53.0 Å². The average Bonchev–Trinajstić information content (AvgIpc) is 3.55. The molecule has 1 aliphatic heterocycles. The summed E-state index contributed by atoms with van der Waals surface area (Å²) in [5.74, 6) is 1.36. The first kappa shape index (κ1) is 33.9. The van der Waals surface area contributed by atoms with Gasteiger partial charge in [0.15, 0.2) is 11.5 Å². The van der Waals surface area contributed by atoms with Crippen LogP contribution in [0, 0.1) is 10.1 Å². The van der Waals surface area contributed by atoms with Gasteiger partial charge in [-0.25, -0.2) is 4.98 Å². The van der Waals surface area contributed by atoms with Crippen LogP contribution in [0.15, 0.2) is 72.1 Å². The molecule has 1 aromatic heterocycles. The Morgan fingerprint density at radius 2 is 1.57 bits per heavy atom. The molecule has 47 heavy (non-hydrogen) atoms. The van der Waals surface area contributed by atoms with E-state index >= 15 is 0 Å². The third-order valence-corrected chi connectivity index (χ3v) is 9.35. The first-order valence-electron chi connectivity index (χ1n) is 15.8. The number of hydrogen-bond donors (Lipinski definition) is 0.